The number of hydrogen-bond acceptors (Lipinski definition) is 2. The molecule has 0 saturated heterocycles. The van der Waals surface area contributed by atoms with Crippen LogP contribution in [-0.2, 0) is 0 Å². The molecule has 4 rings (SSSR count). The molecule has 124 valence electrons. The van der Waals surface area contributed by atoms with Gasteiger partial charge in [-0.15, -0.1) is 0 Å². The van der Waals surface area contributed by atoms with Gasteiger partial charge in [0.25, 0.3) is 0 Å². The van der Waals surface area contributed by atoms with Crippen molar-refractivity contribution in [1.82, 2.24) is 4.90 Å². The molecule has 2 aromatic carbocycles. The van der Waals surface area contributed by atoms with Crippen molar-refractivity contribution in [1.29, 1.82) is 0 Å². The van der Waals surface area contributed by atoms with E-state index in [0.717, 1.165) is 12.6 Å². The molecule has 2 aliphatic rings. The van der Waals surface area contributed by atoms with E-state index >= 15 is 0 Å². The molecule has 2 nitrogen and oxygen atoms in total. The van der Waals surface area contributed by atoms with Gasteiger partial charge in [-0.1, -0.05) is 61.7 Å². The van der Waals surface area contributed by atoms with Gasteiger partial charge in [0.2, 0.25) is 0 Å². The minimum absolute atomic E-state index is 0.781. The highest BCUT2D eigenvalue weighted by atomic mass is 15.3. The molecular formula is C22H26N2. The maximum atomic E-state index is 2.35. The second-order valence-electron chi connectivity index (χ2n) is 7.12. The third-order valence-electron chi connectivity index (χ3n) is 5.42. The van der Waals surface area contributed by atoms with Crippen LogP contribution >= 0.6 is 0 Å². The first-order valence-corrected chi connectivity index (χ1v) is 9.16. The Bertz CT molecular complexity index is 697. The zero-order chi connectivity index (χ0) is 16.4. The normalized spacial score (nSPS) is 18.8. The first-order valence-electron chi connectivity index (χ1n) is 9.16. The maximum Gasteiger partial charge on any atom is 0.0944 e. The molecule has 2 aromatic rings. The maximum absolute atomic E-state index is 2.35. The molecule has 0 amide bonds. The summed E-state index contributed by atoms with van der Waals surface area (Å²) < 4.78 is 0. The minimum Gasteiger partial charge on any atom is -0.355 e. The average molecular weight is 318 g/mol. The molecule has 1 aliphatic carbocycles. The molecule has 1 saturated carbocycles. The Morgan fingerprint density at radius 1 is 0.833 bits per heavy atom. The zero-order valence-electron chi connectivity index (χ0n) is 14.5. The van der Waals surface area contributed by atoms with E-state index in [1.54, 1.807) is 0 Å². The number of hydrogen-bond donors (Lipinski definition) is 0. The summed E-state index contributed by atoms with van der Waals surface area (Å²) >= 11 is 0. The molecule has 24 heavy (non-hydrogen) atoms. The lowest BCUT2D eigenvalue weighted by Crippen LogP contribution is -2.22. The van der Waals surface area contributed by atoms with Crippen molar-refractivity contribution in [3.63, 3.8) is 0 Å². The molecule has 1 heterocycles. The lowest BCUT2D eigenvalue weighted by molar-refractivity contribution is 0.443. The minimum atomic E-state index is 0.781. The van der Waals surface area contributed by atoms with E-state index in [1.165, 1.54) is 54.6 Å². The van der Waals surface area contributed by atoms with Crippen molar-refractivity contribution >= 4 is 11.4 Å². The molecule has 1 fully saturated rings. The lowest BCUT2D eigenvalue weighted by atomic mass is 9.84. The van der Waals surface area contributed by atoms with Crippen LogP contribution in [0.5, 0.6) is 0 Å². The Morgan fingerprint density at radius 3 is 2.25 bits per heavy atom. The number of benzene rings is 2. The molecular weight excluding hydrogens is 292 g/mol. The fraction of sp³-hybridized carbons (Fsp3) is 0.364. The Labute approximate surface area is 145 Å². The smallest absolute Gasteiger partial charge is 0.0944 e. The number of rotatable bonds is 3. The summed E-state index contributed by atoms with van der Waals surface area (Å²) in [5, 5.41) is 0. The van der Waals surface area contributed by atoms with Crippen LogP contribution in [0.25, 0.3) is 5.70 Å². The van der Waals surface area contributed by atoms with E-state index in [-0.39, 0.29) is 0 Å². The molecule has 0 N–H and O–H groups in total. The summed E-state index contributed by atoms with van der Waals surface area (Å²) in [6.45, 7) is 0.906. The topological polar surface area (TPSA) is 6.48 Å². The second-order valence-corrected chi connectivity index (χ2v) is 7.12. The zero-order valence-corrected chi connectivity index (χ0v) is 14.5. The molecule has 1 aliphatic heterocycles. The molecule has 0 aromatic heterocycles. The molecule has 2 heteroatoms. The predicted octanol–water partition coefficient (Wildman–Crippen LogP) is 5.44. The van der Waals surface area contributed by atoms with E-state index in [0.29, 0.717) is 0 Å². The van der Waals surface area contributed by atoms with Crippen molar-refractivity contribution < 1.29 is 0 Å². The number of nitrogens with zero attached hydrogens (tertiary/aromatic N) is 2. The highest BCUT2D eigenvalue weighted by Crippen LogP contribution is 2.34. The third-order valence-corrected chi connectivity index (χ3v) is 5.42. The monoisotopic (exact) mass is 318 g/mol. The van der Waals surface area contributed by atoms with Gasteiger partial charge < -0.3 is 9.80 Å². The van der Waals surface area contributed by atoms with Gasteiger partial charge in [0.15, 0.2) is 0 Å². The van der Waals surface area contributed by atoms with E-state index in [1.807, 2.05) is 0 Å². The van der Waals surface area contributed by atoms with Crippen LogP contribution < -0.4 is 4.90 Å². The van der Waals surface area contributed by atoms with Crippen LogP contribution in [0.15, 0.2) is 60.8 Å². The standard InChI is InChI=1S/C22H26N2/c1-23-17-24(21-10-6-3-7-11-21)16-22(23)20-14-12-19(13-15-20)18-8-4-2-5-9-18/h3,6-7,10-16,18H,2,4-5,8-9,17H2,1H3. The van der Waals surface area contributed by atoms with Crippen LogP contribution in [-0.4, -0.2) is 18.6 Å². The van der Waals surface area contributed by atoms with Gasteiger partial charge in [-0.05, 0) is 42.0 Å². The highest BCUT2D eigenvalue weighted by molar-refractivity contribution is 5.71. The average Bonchev–Trinajstić information content (AvgIpc) is 3.05. The van der Waals surface area contributed by atoms with E-state index in [9.17, 15) is 0 Å². The Balaban J connectivity index is 1.54. The van der Waals surface area contributed by atoms with Gasteiger partial charge >= 0.3 is 0 Å². The number of para-hydroxylation sites is 1. The molecule has 0 bridgehead atoms. The molecule has 0 spiro atoms. The van der Waals surface area contributed by atoms with E-state index in [4.69, 9.17) is 0 Å². The summed E-state index contributed by atoms with van der Waals surface area (Å²) in [7, 11) is 2.17. The van der Waals surface area contributed by atoms with Gasteiger partial charge in [-0.25, -0.2) is 0 Å². The van der Waals surface area contributed by atoms with Crippen LogP contribution in [0, 0.1) is 0 Å². The summed E-state index contributed by atoms with van der Waals surface area (Å²) in [4.78, 5) is 4.63. The van der Waals surface area contributed by atoms with Crippen LogP contribution in [0.1, 0.15) is 49.1 Å². The van der Waals surface area contributed by atoms with Crippen molar-refractivity contribution in [3.05, 3.63) is 71.9 Å². The summed E-state index contributed by atoms with van der Waals surface area (Å²) in [6, 6.07) is 19.9. The van der Waals surface area contributed by atoms with E-state index in [2.05, 4.69) is 77.6 Å². The molecule has 0 radical (unpaired) electrons. The lowest BCUT2D eigenvalue weighted by Gasteiger charge is -2.22. The van der Waals surface area contributed by atoms with Gasteiger partial charge in [0.05, 0.1) is 12.4 Å². The van der Waals surface area contributed by atoms with Crippen LogP contribution in [0.4, 0.5) is 5.69 Å². The Morgan fingerprint density at radius 2 is 1.54 bits per heavy atom. The second kappa shape index (κ2) is 6.72. The van der Waals surface area contributed by atoms with Gasteiger partial charge in [0.1, 0.15) is 0 Å². The first-order chi connectivity index (χ1) is 11.8. The van der Waals surface area contributed by atoms with Crippen molar-refractivity contribution in [2.75, 3.05) is 18.6 Å². The summed E-state index contributed by atoms with van der Waals surface area (Å²) in [5.74, 6) is 0.781. The quantitative estimate of drug-likeness (QED) is 0.743. The van der Waals surface area contributed by atoms with Gasteiger partial charge in [-0.3, -0.25) is 0 Å². The SMILES string of the molecule is CN1CN(c2ccccc2)C=C1c1ccc(C2CCCCC2)cc1. The Kier molecular flexibility index (Phi) is 4.29. The van der Waals surface area contributed by atoms with Crippen LogP contribution in [0.2, 0.25) is 0 Å². The van der Waals surface area contributed by atoms with Crippen molar-refractivity contribution in [2.24, 2.45) is 0 Å². The Hall–Kier alpha value is -2.22. The predicted molar refractivity (Wildman–Crippen MR) is 102 cm³/mol. The first kappa shape index (κ1) is 15.3. The van der Waals surface area contributed by atoms with E-state index < -0.39 is 0 Å². The fourth-order valence-electron chi connectivity index (χ4n) is 4.02. The van der Waals surface area contributed by atoms with Crippen LogP contribution in [0.3, 0.4) is 0 Å². The third kappa shape index (κ3) is 3.06. The largest absolute Gasteiger partial charge is 0.355 e. The molecule has 0 unspecified atom stereocenters. The summed E-state index contributed by atoms with van der Waals surface area (Å²) in [6.07, 6.45) is 9.21. The highest BCUT2D eigenvalue weighted by Gasteiger charge is 2.20. The van der Waals surface area contributed by atoms with Gasteiger partial charge in [-0.2, -0.15) is 0 Å². The number of anilines is 1. The van der Waals surface area contributed by atoms with Gasteiger partial charge in [0, 0.05) is 18.9 Å². The fourth-order valence-corrected chi connectivity index (χ4v) is 4.02. The van der Waals surface area contributed by atoms with Crippen molar-refractivity contribution in [3.8, 4) is 0 Å². The molecule has 0 atom stereocenters. The summed E-state index contributed by atoms with van der Waals surface area (Å²) in [5.41, 5.74) is 5.39. The van der Waals surface area contributed by atoms with Crippen molar-refractivity contribution in [2.45, 2.75) is 38.0 Å².